The Balaban J connectivity index is 1.62. The molecule has 0 spiro atoms. The molecule has 0 aliphatic heterocycles. The Bertz CT molecular complexity index is 1440. The Kier molecular flexibility index (Phi) is 4.79. The molecule has 4 nitrogen and oxygen atoms in total. The summed E-state index contributed by atoms with van der Waals surface area (Å²) in [4.78, 5) is 18.6. The average Bonchev–Trinajstić information content (AvgIpc) is 3.12. The van der Waals surface area contributed by atoms with Crippen molar-refractivity contribution in [3.8, 4) is 16.8 Å². The zero-order valence-corrected chi connectivity index (χ0v) is 18.0. The number of para-hydroxylation sites is 1. The van der Waals surface area contributed by atoms with Gasteiger partial charge in [0.15, 0.2) is 0 Å². The molecule has 0 bridgehead atoms. The van der Waals surface area contributed by atoms with Crippen molar-refractivity contribution >= 4 is 34.7 Å². The Labute approximate surface area is 180 Å². The fourth-order valence-corrected chi connectivity index (χ4v) is 4.70. The molecule has 0 aliphatic carbocycles. The Morgan fingerprint density at radius 1 is 0.742 bits per heavy atom. The van der Waals surface area contributed by atoms with Gasteiger partial charge < -0.3 is 14.4 Å². The van der Waals surface area contributed by atoms with Crippen molar-refractivity contribution in [3.63, 3.8) is 0 Å². The number of rotatable bonds is 4. The molecule has 2 N–H and O–H groups in total. The van der Waals surface area contributed by atoms with Gasteiger partial charge in [0, 0.05) is 16.5 Å². The molecule has 0 radical (unpaired) electrons. The second-order valence-corrected chi connectivity index (χ2v) is 9.30. The molecule has 0 saturated heterocycles. The van der Waals surface area contributed by atoms with E-state index in [9.17, 15) is 14.4 Å². The van der Waals surface area contributed by atoms with Gasteiger partial charge in [-0.2, -0.15) is 0 Å². The number of fused-ring (bicyclic) bond motifs is 3. The first kappa shape index (κ1) is 19.8. The summed E-state index contributed by atoms with van der Waals surface area (Å²) < 4.78 is 13.7. The standard InChI is InChI=1S/C26H22NO3P/c1-2-18-7-16-24-23-5-3-4-6-25(23)27(26(24)17-18)21-12-8-19(9-13-21)20-10-14-22(15-11-20)31(28,29)30/h3-17H,2H2,1H3,(H2,28,29,30). The van der Waals surface area contributed by atoms with Crippen LogP contribution in [-0.4, -0.2) is 14.4 Å². The second kappa shape index (κ2) is 7.51. The molecule has 0 unspecified atom stereocenters. The van der Waals surface area contributed by atoms with Crippen LogP contribution in [0.1, 0.15) is 12.5 Å². The van der Waals surface area contributed by atoms with Gasteiger partial charge in [-0.05, 0) is 59.5 Å². The summed E-state index contributed by atoms with van der Waals surface area (Å²) in [6.45, 7) is 2.17. The maximum atomic E-state index is 11.4. The van der Waals surface area contributed by atoms with Crippen LogP contribution < -0.4 is 5.30 Å². The molecule has 1 heterocycles. The number of nitrogens with zero attached hydrogens (tertiary/aromatic N) is 1. The van der Waals surface area contributed by atoms with Crippen molar-refractivity contribution in [2.45, 2.75) is 13.3 Å². The highest BCUT2D eigenvalue weighted by molar-refractivity contribution is 7.60. The number of hydrogen-bond donors (Lipinski definition) is 2. The third-order valence-corrected chi connectivity index (χ3v) is 6.78. The van der Waals surface area contributed by atoms with Gasteiger partial charge in [0.1, 0.15) is 0 Å². The van der Waals surface area contributed by atoms with Crippen molar-refractivity contribution < 1.29 is 14.4 Å². The van der Waals surface area contributed by atoms with Gasteiger partial charge in [-0.3, -0.25) is 4.57 Å². The monoisotopic (exact) mass is 427 g/mol. The van der Waals surface area contributed by atoms with Gasteiger partial charge in [0.2, 0.25) is 0 Å². The van der Waals surface area contributed by atoms with Crippen LogP contribution >= 0.6 is 7.60 Å². The zero-order chi connectivity index (χ0) is 21.6. The molecule has 1 aromatic heterocycles. The Morgan fingerprint density at radius 3 is 2.00 bits per heavy atom. The van der Waals surface area contributed by atoms with Crippen LogP contribution in [0.4, 0.5) is 0 Å². The van der Waals surface area contributed by atoms with Gasteiger partial charge >= 0.3 is 7.60 Å². The summed E-state index contributed by atoms with van der Waals surface area (Å²) in [5.74, 6) is 0. The lowest BCUT2D eigenvalue weighted by Crippen LogP contribution is -2.02. The fraction of sp³-hybridized carbons (Fsp3) is 0.0769. The summed E-state index contributed by atoms with van der Waals surface area (Å²) >= 11 is 0. The third-order valence-electron chi connectivity index (χ3n) is 5.81. The van der Waals surface area contributed by atoms with Crippen LogP contribution in [0.3, 0.4) is 0 Å². The van der Waals surface area contributed by atoms with E-state index in [-0.39, 0.29) is 5.30 Å². The first-order chi connectivity index (χ1) is 15.0. The van der Waals surface area contributed by atoms with E-state index in [0.717, 1.165) is 23.2 Å². The SMILES string of the molecule is CCc1ccc2c3ccccc3n(-c3ccc(-c4ccc(P(=O)(O)O)cc4)cc3)c2c1. The van der Waals surface area contributed by atoms with Gasteiger partial charge in [-0.25, -0.2) is 0 Å². The Hall–Kier alpha value is -3.17. The lowest BCUT2D eigenvalue weighted by atomic mass is 10.1. The molecule has 5 rings (SSSR count). The average molecular weight is 427 g/mol. The predicted octanol–water partition coefficient (Wildman–Crippen LogP) is 5.82. The lowest BCUT2D eigenvalue weighted by Gasteiger charge is -2.10. The molecule has 5 heteroatoms. The summed E-state index contributed by atoms with van der Waals surface area (Å²) in [5, 5.41) is 2.51. The van der Waals surface area contributed by atoms with E-state index in [2.05, 4.69) is 66.1 Å². The summed E-state index contributed by atoms with van der Waals surface area (Å²) in [6.07, 6.45) is 0.987. The van der Waals surface area contributed by atoms with Crippen LogP contribution in [0, 0.1) is 0 Å². The molecule has 4 aromatic carbocycles. The van der Waals surface area contributed by atoms with Gasteiger partial charge in [-0.15, -0.1) is 0 Å². The summed E-state index contributed by atoms with van der Waals surface area (Å²) in [5.41, 5.74) is 6.66. The van der Waals surface area contributed by atoms with Crippen molar-refractivity contribution in [2.24, 2.45) is 0 Å². The minimum absolute atomic E-state index is 0.0323. The Morgan fingerprint density at radius 2 is 1.35 bits per heavy atom. The van der Waals surface area contributed by atoms with Crippen molar-refractivity contribution in [1.82, 2.24) is 4.57 Å². The summed E-state index contributed by atoms with van der Waals surface area (Å²) in [7, 11) is -4.23. The van der Waals surface area contributed by atoms with Crippen molar-refractivity contribution in [2.75, 3.05) is 0 Å². The maximum Gasteiger partial charge on any atom is 0.356 e. The van der Waals surface area contributed by atoms with E-state index < -0.39 is 7.60 Å². The van der Waals surface area contributed by atoms with Crippen LogP contribution in [0.15, 0.2) is 91.0 Å². The number of benzene rings is 4. The molecule has 0 fully saturated rings. The molecule has 0 aliphatic rings. The summed E-state index contributed by atoms with van der Waals surface area (Å²) in [6, 6.07) is 29.9. The predicted molar refractivity (Wildman–Crippen MR) is 127 cm³/mol. The first-order valence-corrected chi connectivity index (χ1v) is 11.9. The van der Waals surface area contributed by atoms with E-state index in [1.54, 1.807) is 12.1 Å². The lowest BCUT2D eigenvalue weighted by molar-refractivity contribution is 0.387. The highest BCUT2D eigenvalue weighted by Gasteiger charge is 2.16. The van der Waals surface area contributed by atoms with E-state index >= 15 is 0 Å². The molecular weight excluding hydrogens is 405 g/mol. The normalized spacial score (nSPS) is 12.0. The first-order valence-electron chi connectivity index (χ1n) is 10.2. The fourth-order valence-electron chi connectivity index (χ4n) is 4.17. The molecule has 0 amide bonds. The molecule has 154 valence electrons. The molecule has 31 heavy (non-hydrogen) atoms. The van der Waals surface area contributed by atoms with Crippen molar-refractivity contribution in [3.05, 3.63) is 96.6 Å². The highest BCUT2D eigenvalue weighted by Crippen LogP contribution is 2.35. The maximum absolute atomic E-state index is 11.4. The van der Waals surface area contributed by atoms with E-state index in [4.69, 9.17) is 0 Å². The largest absolute Gasteiger partial charge is 0.356 e. The minimum atomic E-state index is -4.23. The smallest absolute Gasteiger partial charge is 0.321 e. The molecule has 5 aromatic rings. The minimum Gasteiger partial charge on any atom is -0.321 e. The van der Waals surface area contributed by atoms with Crippen molar-refractivity contribution in [1.29, 1.82) is 0 Å². The second-order valence-electron chi connectivity index (χ2n) is 7.70. The molecular formula is C26H22NO3P. The topological polar surface area (TPSA) is 62.5 Å². The van der Waals surface area contributed by atoms with Crippen LogP contribution in [0.5, 0.6) is 0 Å². The van der Waals surface area contributed by atoms with Crippen LogP contribution in [-0.2, 0) is 11.0 Å². The van der Waals surface area contributed by atoms with E-state index in [1.165, 1.54) is 39.5 Å². The number of hydrogen-bond acceptors (Lipinski definition) is 1. The quantitative estimate of drug-likeness (QED) is 0.356. The van der Waals surface area contributed by atoms with Crippen LogP contribution in [0.2, 0.25) is 0 Å². The van der Waals surface area contributed by atoms with E-state index in [0.29, 0.717) is 0 Å². The molecule has 0 saturated carbocycles. The van der Waals surface area contributed by atoms with Gasteiger partial charge in [0.25, 0.3) is 0 Å². The van der Waals surface area contributed by atoms with Gasteiger partial charge in [0.05, 0.1) is 16.3 Å². The van der Waals surface area contributed by atoms with Crippen LogP contribution in [0.25, 0.3) is 38.6 Å². The highest BCUT2D eigenvalue weighted by atomic mass is 31.2. The van der Waals surface area contributed by atoms with Gasteiger partial charge in [-0.1, -0.05) is 61.5 Å². The molecule has 0 atom stereocenters. The zero-order valence-electron chi connectivity index (χ0n) is 17.1. The third kappa shape index (κ3) is 3.49. The number of aryl methyl sites for hydroxylation is 1. The van der Waals surface area contributed by atoms with E-state index in [1.807, 2.05) is 12.1 Å². The number of aromatic nitrogens is 1.